The number of halogens is 1. The van der Waals surface area contributed by atoms with Crippen molar-refractivity contribution < 1.29 is 9.50 Å². The number of aliphatic hydroxyl groups excluding tert-OH is 1. The van der Waals surface area contributed by atoms with Crippen molar-refractivity contribution in [1.29, 1.82) is 0 Å². The van der Waals surface area contributed by atoms with Gasteiger partial charge in [0.1, 0.15) is 12.1 Å². The number of aromatic nitrogens is 3. The fraction of sp³-hybridized carbons (Fsp3) is 0.588. The topological polar surface area (TPSA) is 74.2 Å². The van der Waals surface area contributed by atoms with E-state index in [1.807, 2.05) is 6.20 Å². The zero-order chi connectivity index (χ0) is 17.8. The Kier molecular flexibility index (Phi) is 5.93. The molecule has 6 nitrogen and oxygen atoms in total. The third-order valence-electron chi connectivity index (χ3n) is 4.50. The summed E-state index contributed by atoms with van der Waals surface area (Å²) in [5.41, 5.74) is 0. The minimum atomic E-state index is -0.604. The van der Waals surface area contributed by atoms with Crippen molar-refractivity contribution in [2.45, 2.75) is 51.9 Å². The lowest BCUT2D eigenvalue weighted by molar-refractivity contribution is 0.110. The van der Waals surface area contributed by atoms with Crippen LogP contribution >= 0.6 is 11.3 Å². The van der Waals surface area contributed by atoms with Gasteiger partial charge in [0, 0.05) is 36.6 Å². The van der Waals surface area contributed by atoms with Gasteiger partial charge in [-0.2, -0.15) is 0 Å². The van der Waals surface area contributed by atoms with Crippen molar-refractivity contribution in [3.63, 3.8) is 0 Å². The maximum absolute atomic E-state index is 12.9. The number of anilines is 1. The molecule has 1 aliphatic rings. The smallest absolute Gasteiger partial charge is 0.184 e. The van der Waals surface area contributed by atoms with Crippen molar-refractivity contribution in [2.24, 2.45) is 5.92 Å². The molecule has 8 heteroatoms. The van der Waals surface area contributed by atoms with Crippen molar-refractivity contribution in [2.75, 3.05) is 11.9 Å². The fourth-order valence-electron chi connectivity index (χ4n) is 3.18. The molecule has 1 saturated heterocycles. The minimum absolute atomic E-state index is 0.394. The van der Waals surface area contributed by atoms with Gasteiger partial charge < -0.3 is 10.4 Å². The molecule has 1 fully saturated rings. The van der Waals surface area contributed by atoms with Gasteiger partial charge in [-0.05, 0) is 32.6 Å². The van der Waals surface area contributed by atoms with E-state index in [-0.39, 0.29) is 0 Å². The Bertz CT molecular complexity index is 678. The number of nitrogens with zero attached hydrogens (tertiary/aromatic N) is 4. The maximum Gasteiger partial charge on any atom is 0.184 e. The summed E-state index contributed by atoms with van der Waals surface area (Å²) in [4.78, 5) is 16.1. The summed E-state index contributed by atoms with van der Waals surface area (Å²) in [6, 6.07) is 0.515. The van der Waals surface area contributed by atoms with Crippen LogP contribution in [0.5, 0.6) is 0 Å². The molecule has 0 aliphatic carbocycles. The molecular formula is C17H24FN5OS. The predicted octanol–water partition coefficient (Wildman–Crippen LogP) is 2.67. The van der Waals surface area contributed by atoms with Crippen molar-refractivity contribution >= 4 is 16.5 Å². The maximum atomic E-state index is 12.9. The number of rotatable bonds is 6. The quantitative estimate of drug-likeness (QED) is 0.767. The molecular weight excluding hydrogens is 341 g/mol. The molecule has 1 unspecified atom stereocenters. The summed E-state index contributed by atoms with van der Waals surface area (Å²) < 4.78 is 12.9. The summed E-state index contributed by atoms with van der Waals surface area (Å²) in [6.45, 7) is 5.75. The molecule has 3 atom stereocenters. The van der Waals surface area contributed by atoms with E-state index in [1.165, 1.54) is 17.3 Å². The van der Waals surface area contributed by atoms with Gasteiger partial charge in [0.2, 0.25) is 0 Å². The van der Waals surface area contributed by atoms with Gasteiger partial charge in [-0.15, -0.1) is 11.3 Å². The highest BCUT2D eigenvalue weighted by atomic mass is 32.1. The summed E-state index contributed by atoms with van der Waals surface area (Å²) in [7, 11) is 0. The first-order valence-corrected chi connectivity index (χ1v) is 9.41. The van der Waals surface area contributed by atoms with Crippen LogP contribution in [0.15, 0.2) is 18.6 Å². The van der Waals surface area contributed by atoms with E-state index >= 15 is 0 Å². The van der Waals surface area contributed by atoms with Crippen molar-refractivity contribution in [1.82, 2.24) is 19.9 Å². The number of thiazole rings is 1. The van der Waals surface area contributed by atoms with Gasteiger partial charge in [0.15, 0.2) is 10.9 Å². The lowest BCUT2D eigenvalue weighted by atomic mass is 9.90. The van der Waals surface area contributed by atoms with E-state index in [4.69, 9.17) is 0 Å². The predicted molar refractivity (Wildman–Crippen MR) is 95.7 cm³/mol. The van der Waals surface area contributed by atoms with Crippen LogP contribution in [0, 0.1) is 11.7 Å². The summed E-state index contributed by atoms with van der Waals surface area (Å²) >= 11 is 1.57. The van der Waals surface area contributed by atoms with Crippen LogP contribution < -0.4 is 5.32 Å². The highest BCUT2D eigenvalue weighted by Crippen LogP contribution is 2.28. The van der Waals surface area contributed by atoms with Crippen molar-refractivity contribution in [3.05, 3.63) is 35.1 Å². The molecule has 0 bridgehead atoms. The first-order valence-electron chi connectivity index (χ1n) is 8.59. The van der Waals surface area contributed by atoms with Gasteiger partial charge in [0.05, 0.1) is 12.4 Å². The molecule has 2 N–H and O–H groups in total. The summed E-state index contributed by atoms with van der Waals surface area (Å²) in [6.07, 6.45) is 6.78. The largest absolute Gasteiger partial charge is 0.374 e. The van der Waals surface area contributed by atoms with Gasteiger partial charge >= 0.3 is 0 Å². The molecule has 0 saturated carbocycles. The molecule has 25 heavy (non-hydrogen) atoms. The molecule has 2 aromatic rings. The SMILES string of the molecule is CC(O)Nc1ncc(CN2C[C@@H](Cc3ncc(F)cn3)CC[C@H]2C)s1. The average molecular weight is 365 g/mol. The zero-order valence-electron chi connectivity index (χ0n) is 14.5. The molecule has 0 radical (unpaired) electrons. The Morgan fingerprint density at radius 1 is 1.32 bits per heavy atom. The van der Waals surface area contributed by atoms with Crippen LogP contribution in [0.1, 0.15) is 37.4 Å². The first kappa shape index (κ1) is 18.2. The minimum Gasteiger partial charge on any atom is -0.374 e. The van der Waals surface area contributed by atoms with Gasteiger partial charge in [0.25, 0.3) is 0 Å². The van der Waals surface area contributed by atoms with E-state index in [0.29, 0.717) is 17.8 Å². The van der Waals surface area contributed by atoms with Crippen LogP contribution in [0.25, 0.3) is 0 Å². The lowest BCUT2D eigenvalue weighted by Crippen LogP contribution is -2.41. The van der Waals surface area contributed by atoms with E-state index in [2.05, 4.69) is 32.1 Å². The van der Waals surface area contributed by atoms with E-state index in [1.54, 1.807) is 18.3 Å². The number of piperidine rings is 1. The standard InChI is InChI=1S/C17H24FN5OS/c1-11-3-4-13(5-16-19-6-14(18)7-20-16)9-23(11)10-15-8-21-17(25-15)22-12(2)24/h6-8,11-13,24H,3-5,9-10H2,1-2H3,(H,21,22)/t11-,12?,13-/m1/s1. The molecule has 2 aromatic heterocycles. The Morgan fingerprint density at radius 2 is 2.08 bits per heavy atom. The van der Waals surface area contributed by atoms with E-state index < -0.39 is 12.0 Å². The molecule has 0 amide bonds. The third kappa shape index (κ3) is 5.17. The zero-order valence-corrected chi connectivity index (χ0v) is 15.3. The first-order chi connectivity index (χ1) is 12.0. The number of aliphatic hydroxyl groups is 1. The summed E-state index contributed by atoms with van der Waals surface area (Å²) in [5.74, 6) is 0.793. The van der Waals surface area contributed by atoms with Crippen molar-refractivity contribution in [3.8, 4) is 0 Å². The van der Waals surface area contributed by atoms with Crippen LogP contribution in [-0.2, 0) is 13.0 Å². The molecule has 0 aromatic carbocycles. The Balaban J connectivity index is 1.58. The molecule has 0 spiro atoms. The van der Waals surface area contributed by atoms with Crippen LogP contribution in [0.2, 0.25) is 0 Å². The molecule has 3 rings (SSSR count). The van der Waals surface area contributed by atoms with Gasteiger partial charge in [-0.25, -0.2) is 19.3 Å². The third-order valence-corrected chi connectivity index (χ3v) is 5.41. The summed E-state index contributed by atoms with van der Waals surface area (Å²) in [5, 5.41) is 13.0. The number of hydrogen-bond donors (Lipinski definition) is 2. The molecule has 136 valence electrons. The van der Waals surface area contributed by atoms with Gasteiger partial charge in [-0.1, -0.05) is 0 Å². The number of nitrogens with one attached hydrogen (secondary N) is 1. The fourth-order valence-corrected chi connectivity index (χ4v) is 4.10. The second kappa shape index (κ2) is 8.16. The highest BCUT2D eigenvalue weighted by Gasteiger charge is 2.26. The van der Waals surface area contributed by atoms with E-state index in [0.717, 1.165) is 37.5 Å². The van der Waals surface area contributed by atoms with Gasteiger partial charge in [-0.3, -0.25) is 4.90 Å². The van der Waals surface area contributed by atoms with E-state index in [9.17, 15) is 9.50 Å². The monoisotopic (exact) mass is 365 g/mol. The second-order valence-electron chi connectivity index (χ2n) is 6.70. The number of hydrogen-bond acceptors (Lipinski definition) is 7. The lowest BCUT2D eigenvalue weighted by Gasteiger charge is -2.37. The second-order valence-corrected chi connectivity index (χ2v) is 7.81. The average Bonchev–Trinajstić information content (AvgIpc) is 2.99. The van der Waals surface area contributed by atoms with Crippen LogP contribution in [0.4, 0.5) is 9.52 Å². The Morgan fingerprint density at radius 3 is 2.80 bits per heavy atom. The molecule has 3 heterocycles. The Hall–Kier alpha value is -1.64. The van der Waals surface area contributed by atoms with Crippen LogP contribution in [-0.4, -0.2) is 43.8 Å². The Labute approximate surface area is 151 Å². The van der Waals surface area contributed by atoms with Crippen LogP contribution in [0.3, 0.4) is 0 Å². The molecule has 1 aliphatic heterocycles. The number of likely N-dealkylation sites (tertiary alicyclic amines) is 1. The highest BCUT2D eigenvalue weighted by molar-refractivity contribution is 7.15. The normalized spacial score (nSPS) is 22.7.